The highest BCUT2D eigenvalue weighted by molar-refractivity contribution is 7.71. The van der Waals surface area contributed by atoms with Gasteiger partial charge in [0.05, 0.1) is 5.97 Å². The molecule has 0 unspecified atom stereocenters. The minimum atomic E-state index is -1.18. The van der Waals surface area contributed by atoms with E-state index in [1.165, 1.54) is 12.3 Å². The Bertz CT molecular complexity index is 343. The molecule has 0 atom stereocenters. The van der Waals surface area contributed by atoms with Gasteiger partial charge in [-0.3, -0.25) is 0 Å². The molecule has 0 saturated carbocycles. The van der Waals surface area contributed by atoms with Crippen molar-refractivity contribution in [3.05, 3.63) is 28.5 Å². The lowest BCUT2D eigenvalue weighted by molar-refractivity contribution is -0.255. The summed E-state index contributed by atoms with van der Waals surface area (Å²) in [7, 11) is 1.69. The average Bonchev–Trinajstić information content (AvgIpc) is 1.94. The fourth-order valence-corrected chi connectivity index (χ4v) is 0.835. The fraction of sp³-hybridized carbons (Fsp3) is 0.143. The number of carbonyl (C=O) groups is 1. The smallest absolute Gasteiger partial charge is 0.105 e. The van der Waals surface area contributed by atoms with Gasteiger partial charge in [0.2, 0.25) is 0 Å². The predicted octanol–water partition coefficient (Wildman–Crippen LogP) is 0.118. The molecule has 1 aromatic heterocycles. The second kappa shape index (κ2) is 2.84. The van der Waals surface area contributed by atoms with Crippen LogP contribution in [-0.2, 0) is 7.05 Å². The van der Waals surface area contributed by atoms with Crippen LogP contribution in [0.4, 0.5) is 0 Å². The van der Waals surface area contributed by atoms with Crippen molar-refractivity contribution >= 4 is 18.2 Å². The number of rotatable bonds is 1. The first-order valence-corrected chi connectivity index (χ1v) is 3.40. The number of pyridine rings is 1. The zero-order chi connectivity index (χ0) is 8.43. The van der Waals surface area contributed by atoms with E-state index in [0.717, 1.165) is 0 Å². The topological polar surface area (TPSA) is 45.1 Å². The van der Waals surface area contributed by atoms with E-state index >= 15 is 0 Å². The molecule has 0 radical (unpaired) electrons. The van der Waals surface area contributed by atoms with E-state index in [2.05, 4.69) is 0 Å². The zero-order valence-corrected chi connectivity index (χ0v) is 6.72. The van der Waals surface area contributed by atoms with Crippen molar-refractivity contribution in [3.63, 3.8) is 0 Å². The third-order valence-corrected chi connectivity index (χ3v) is 1.75. The first-order chi connectivity index (χ1) is 5.11. The number of aromatic nitrogens is 1. The molecule has 58 valence electrons. The van der Waals surface area contributed by atoms with Gasteiger partial charge in [-0.25, -0.2) is 0 Å². The molecule has 0 fully saturated rings. The molecule has 0 saturated heterocycles. The van der Waals surface area contributed by atoms with Crippen LogP contribution in [-0.4, -0.2) is 10.5 Å². The van der Waals surface area contributed by atoms with Crippen molar-refractivity contribution in [1.29, 1.82) is 0 Å². The summed E-state index contributed by atoms with van der Waals surface area (Å²) in [6, 6.07) is 2.98. The third-order valence-electron chi connectivity index (χ3n) is 1.32. The number of carboxylic acids is 1. The van der Waals surface area contributed by atoms with Crippen LogP contribution < -0.4 is 5.11 Å². The first-order valence-electron chi connectivity index (χ1n) is 2.99. The molecular weight excluding hydrogens is 162 g/mol. The minimum absolute atomic E-state index is 0.140. The number of carbonyl (C=O) groups excluding carboxylic acids is 1. The molecule has 0 aliphatic heterocycles. The van der Waals surface area contributed by atoms with Crippen LogP contribution in [0, 0.1) is 4.64 Å². The molecule has 11 heavy (non-hydrogen) atoms. The highest BCUT2D eigenvalue weighted by Crippen LogP contribution is 1.97. The molecule has 0 aliphatic carbocycles. The van der Waals surface area contributed by atoms with Gasteiger partial charge in [-0.2, -0.15) is 0 Å². The summed E-state index contributed by atoms with van der Waals surface area (Å²) >= 11 is 4.85. The Kier molecular flexibility index (Phi) is 2.05. The van der Waals surface area contributed by atoms with Gasteiger partial charge in [-0.05, 0) is 12.1 Å². The van der Waals surface area contributed by atoms with Gasteiger partial charge in [-0.15, -0.1) is 0 Å². The Morgan fingerprint density at radius 3 is 2.73 bits per heavy atom. The first kappa shape index (κ1) is 7.94. The number of aryl methyl sites for hydroxylation is 1. The molecule has 0 aliphatic rings. The van der Waals surface area contributed by atoms with Crippen molar-refractivity contribution in [1.82, 2.24) is 4.57 Å². The molecule has 1 heterocycles. The number of hydrogen-bond acceptors (Lipinski definition) is 3. The summed E-state index contributed by atoms with van der Waals surface area (Å²) in [4.78, 5) is 10.3. The van der Waals surface area contributed by atoms with Crippen LogP contribution >= 0.6 is 12.2 Å². The van der Waals surface area contributed by atoms with Crippen LogP contribution in [0.5, 0.6) is 0 Å². The van der Waals surface area contributed by atoms with E-state index in [-0.39, 0.29) is 5.56 Å². The van der Waals surface area contributed by atoms with Crippen molar-refractivity contribution < 1.29 is 9.90 Å². The molecule has 4 heteroatoms. The Morgan fingerprint density at radius 1 is 1.64 bits per heavy atom. The van der Waals surface area contributed by atoms with Crippen LogP contribution in [0.3, 0.4) is 0 Å². The van der Waals surface area contributed by atoms with Crippen molar-refractivity contribution in [2.24, 2.45) is 7.05 Å². The van der Waals surface area contributed by atoms with Crippen LogP contribution in [0.2, 0.25) is 0 Å². The minimum Gasteiger partial charge on any atom is -0.545 e. The second-order valence-corrected chi connectivity index (χ2v) is 2.57. The van der Waals surface area contributed by atoms with Gasteiger partial charge in [0.15, 0.2) is 0 Å². The van der Waals surface area contributed by atoms with Crippen molar-refractivity contribution in [2.45, 2.75) is 0 Å². The van der Waals surface area contributed by atoms with Gasteiger partial charge in [0, 0.05) is 18.8 Å². The van der Waals surface area contributed by atoms with Gasteiger partial charge >= 0.3 is 0 Å². The molecule has 0 aromatic carbocycles. The Morgan fingerprint density at radius 2 is 2.27 bits per heavy atom. The summed E-state index contributed by atoms with van der Waals surface area (Å²) in [5.41, 5.74) is 0.140. The Balaban J connectivity index is 3.26. The largest absolute Gasteiger partial charge is 0.545 e. The van der Waals surface area contributed by atoms with Gasteiger partial charge in [0.25, 0.3) is 0 Å². The van der Waals surface area contributed by atoms with E-state index in [4.69, 9.17) is 12.2 Å². The van der Waals surface area contributed by atoms with E-state index in [1.54, 1.807) is 17.7 Å². The van der Waals surface area contributed by atoms with Crippen molar-refractivity contribution in [3.8, 4) is 0 Å². The Labute approximate surface area is 68.9 Å². The van der Waals surface area contributed by atoms with Crippen LogP contribution in [0.15, 0.2) is 18.3 Å². The third kappa shape index (κ3) is 1.65. The van der Waals surface area contributed by atoms with Crippen LogP contribution in [0.1, 0.15) is 10.4 Å². The molecule has 0 N–H and O–H groups in total. The zero-order valence-electron chi connectivity index (χ0n) is 5.90. The van der Waals surface area contributed by atoms with Crippen molar-refractivity contribution in [2.75, 3.05) is 0 Å². The summed E-state index contributed by atoms with van der Waals surface area (Å²) < 4.78 is 2.15. The quantitative estimate of drug-likeness (QED) is 0.559. The number of nitrogens with zero attached hydrogens (tertiary/aromatic N) is 1. The molecule has 0 bridgehead atoms. The molecule has 0 amide bonds. The molecule has 3 nitrogen and oxygen atoms in total. The van der Waals surface area contributed by atoms with E-state index in [0.29, 0.717) is 4.64 Å². The summed E-state index contributed by atoms with van der Waals surface area (Å²) in [5, 5.41) is 10.3. The lowest BCUT2D eigenvalue weighted by Gasteiger charge is -2.03. The summed E-state index contributed by atoms with van der Waals surface area (Å²) in [5.74, 6) is -1.18. The van der Waals surface area contributed by atoms with E-state index < -0.39 is 5.97 Å². The lowest BCUT2D eigenvalue weighted by Crippen LogP contribution is -2.22. The fourth-order valence-electron chi connectivity index (χ4n) is 0.715. The number of carboxylic acid groups (broad SMARTS) is 1. The van der Waals surface area contributed by atoms with Gasteiger partial charge < -0.3 is 14.5 Å². The molecular formula is C7H6NO2S-. The van der Waals surface area contributed by atoms with E-state index in [1.807, 2.05) is 0 Å². The molecule has 1 aromatic rings. The van der Waals surface area contributed by atoms with Gasteiger partial charge in [-0.1, -0.05) is 12.2 Å². The van der Waals surface area contributed by atoms with Gasteiger partial charge in [0.1, 0.15) is 4.64 Å². The number of hydrogen-bond donors (Lipinski definition) is 0. The van der Waals surface area contributed by atoms with Crippen LogP contribution in [0.25, 0.3) is 0 Å². The van der Waals surface area contributed by atoms with E-state index in [9.17, 15) is 9.90 Å². The summed E-state index contributed by atoms with van der Waals surface area (Å²) in [6.45, 7) is 0. The second-order valence-electron chi connectivity index (χ2n) is 2.15. The average molecular weight is 168 g/mol. The maximum absolute atomic E-state index is 10.3. The highest BCUT2D eigenvalue weighted by Gasteiger charge is 1.92. The summed E-state index contributed by atoms with van der Waals surface area (Å²) in [6.07, 6.45) is 1.43. The standard InChI is InChI=1S/C7H7NO2S/c1-8-4-5(7(9)10)2-3-6(8)11/h2-4H,1H3,(H,9,10)/p-1. The molecule has 0 spiro atoms. The Hall–Kier alpha value is -1.16. The predicted molar refractivity (Wildman–Crippen MR) is 40.6 cm³/mol. The highest BCUT2D eigenvalue weighted by atomic mass is 32.1. The maximum Gasteiger partial charge on any atom is 0.105 e. The lowest BCUT2D eigenvalue weighted by atomic mass is 10.3. The number of aromatic carboxylic acids is 1. The normalized spacial score (nSPS) is 9.55. The monoisotopic (exact) mass is 168 g/mol. The molecule has 1 rings (SSSR count). The SMILES string of the molecule is Cn1cc(C(=O)[O-])ccc1=S. The maximum atomic E-state index is 10.3.